The van der Waals surface area contributed by atoms with Crippen LogP contribution in [0.25, 0.3) is 0 Å². The van der Waals surface area contributed by atoms with Gasteiger partial charge in [-0.3, -0.25) is 9.48 Å². The van der Waals surface area contributed by atoms with Gasteiger partial charge in [-0.15, -0.1) is 0 Å². The molecule has 1 aromatic heterocycles. The first-order chi connectivity index (χ1) is 10.4. The van der Waals surface area contributed by atoms with Gasteiger partial charge in [0.1, 0.15) is 0 Å². The fourth-order valence-corrected chi connectivity index (χ4v) is 4.78. The van der Waals surface area contributed by atoms with Crippen molar-refractivity contribution in [2.24, 2.45) is 7.05 Å². The first kappa shape index (κ1) is 15.5. The summed E-state index contributed by atoms with van der Waals surface area (Å²) in [6.45, 7) is 2.59. The fraction of sp³-hybridized carbons (Fsp3) is 0.714. The molecular formula is C14H22N4O3S. The van der Waals surface area contributed by atoms with E-state index in [-0.39, 0.29) is 23.1 Å². The topological polar surface area (TPSA) is 84.3 Å². The van der Waals surface area contributed by atoms with Crippen LogP contribution < -0.4 is 5.32 Å². The molecule has 0 radical (unpaired) electrons. The number of piperidine rings is 1. The molecule has 0 aliphatic carbocycles. The summed E-state index contributed by atoms with van der Waals surface area (Å²) >= 11 is 0. The molecule has 2 fully saturated rings. The van der Waals surface area contributed by atoms with Crippen molar-refractivity contribution in [3.8, 4) is 0 Å². The van der Waals surface area contributed by atoms with Gasteiger partial charge < -0.3 is 5.32 Å². The van der Waals surface area contributed by atoms with Gasteiger partial charge >= 0.3 is 0 Å². The predicted octanol–water partition coefficient (Wildman–Crippen LogP) is 0.208. The maximum Gasteiger partial charge on any atom is 0.221 e. The second-order valence-corrected chi connectivity index (χ2v) is 8.47. The number of nitrogens with one attached hydrogen (secondary N) is 1. The lowest BCUT2D eigenvalue weighted by molar-refractivity contribution is -0.120. The van der Waals surface area contributed by atoms with E-state index in [4.69, 9.17) is 0 Å². The summed E-state index contributed by atoms with van der Waals surface area (Å²) in [7, 11) is -1.30. The summed E-state index contributed by atoms with van der Waals surface area (Å²) < 4.78 is 27.3. The van der Waals surface area contributed by atoms with Gasteiger partial charge in [-0.1, -0.05) is 0 Å². The first-order valence-corrected chi connectivity index (χ1v) is 9.24. The zero-order valence-electron chi connectivity index (χ0n) is 12.9. The molecule has 7 nitrogen and oxygen atoms in total. The Morgan fingerprint density at radius 3 is 2.64 bits per heavy atom. The maximum absolute atomic E-state index is 12.0. The minimum atomic E-state index is -3.15. The number of aromatic nitrogens is 2. The third kappa shape index (κ3) is 2.54. The van der Waals surface area contributed by atoms with Gasteiger partial charge in [-0.25, -0.2) is 12.7 Å². The molecule has 1 atom stereocenters. The molecule has 122 valence electrons. The smallest absolute Gasteiger partial charge is 0.221 e. The van der Waals surface area contributed by atoms with E-state index in [2.05, 4.69) is 10.4 Å². The Bertz CT molecular complexity index is 674. The molecule has 0 saturated carbocycles. The van der Waals surface area contributed by atoms with Crippen molar-refractivity contribution in [2.45, 2.75) is 37.6 Å². The highest BCUT2D eigenvalue weighted by molar-refractivity contribution is 7.89. The van der Waals surface area contributed by atoms with Crippen molar-refractivity contribution >= 4 is 15.9 Å². The van der Waals surface area contributed by atoms with Gasteiger partial charge in [0.2, 0.25) is 15.9 Å². The second-order valence-electron chi connectivity index (χ2n) is 6.21. The summed E-state index contributed by atoms with van der Waals surface area (Å²) in [5, 5.41) is 7.32. The van der Waals surface area contributed by atoms with Crippen LogP contribution in [0.15, 0.2) is 12.4 Å². The molecule has 1 spiro atoms. The molecule has 22 heavy (non-hydrogen) atoms. The highest BCUT2D eigenvalue weighted by Gasteiger charge is 2.50. The Hall–Kier alpha value is -1.41. The molecule has 2 aliphatic heterocycles. The zero-order valence-corrected chi connectivity index (χ0v) is 13.8. The third-order valence-electron chi connectivity index (χ3n) is 4.94. The molecule has 1 unspecified atom stereocenters. The highest BCUT2D eigenvalue weighted by Crippen LogP contribution is 2.43. The van der Waals surface area contributed by atoms with Gasteiger partial charge in [-0.05, 0) is 25.3 Å². The van der Waals surface area contributed by atoms with Crippen LogP contribution in [-0.4, -0.2) is 52.8 Å². The van der Waals surface area contributed by atoms with Crippen molar-refractivity contribution in [2.75, 3.05) is 18.8 Å². The lowest BCUT2D eigenvalue weighted by Gasteiger charge is -2.42. The molecule has 0 bridgehead atoms. The largest absolute Gasteiger partial charge is 0.350 e. The van der Waals surface area contributed by atoms with E-state index in [0.29, 0.717) is 32.4 Å². The van der Waals surface area contributed by atoms with Crippen molar-refractivity contribution in [3.05, 3.63) is 18.0 Å². The quantitative estimate of drug-likeness (QED) is 0.860. The van der Waals surface area contributed by atoms with Gasteiger partial charge in [0, 0.05) is 44.2 Å². The van der Waals surface area contributed by atoms with E-state index in [0.717, 1.165) is 5.56 Å². The van der Waals surface area contributed by atoms with E-state index in [1.54, 1.807) is 15.9 Å². The Kier molecular flexibility index (Phi) is 3.76. The number of aryl methyl sites for hydroxylation is 1. The number of carbonyl (C=O) groups is 1. The third-order valence-corrected chi connectivity index (χ3v) is 6.83. The first-order valence-electron chi connectivity index (χ1n) is 7.64. The molecule has 2 saturated heterocycles. The average Bonchev–Trinajstić information content (AvgIpc) is 3.03. The van der Waals surface area contributed by atoms with E-state index in [9.17, 15) is 13.2 Å². The van der Waals surface area contributed by atoms with Gasteiger partial charge in [0.25, 0.3) is 0 Å². The SMILES string of the molecule is CCS(=O)(=O)N1CCC2(CC1)NC(=O)CC2c1cnn(C)c1. The number of nitrogens with zero attached hydrogens (tertiary/aromatic N) is 3. The summed E-state index contributed by atoms with van der Waals surface area (Å²) in [6, 6.07) is 0. The number of carbonyl (C=O) groups excluding carboxylic acids is 1. The minimum absolute atomic E-state index is 0.0423. The zero-order chi connectivity index (χ0) is 16.0. The average molecular weight is 326 g/mol. The molecule has 1 N–H and O–H groups in total. The molecule has 8 heteroatoms. The molecule has 3 heterocycles. The van der Waals surface area contributed by atoms with E-state index < -0.39 is 10.0 Å². The summed E-state index contributed by atoms with van der Waals surface area (Å²) in [5.41, 5.74) is 0.715. The van der Waals surface area contributed by atoms with Crippen LogP contribution in [0.2, 0.25) is 0 Å². The Morgan fingerprint density at radius 2 is 2.09 bits per heavy atom. The Labute approximate surface area is 130 Å². The molecule has 0 aromatic carbocycles. The fourth-order valence-electron chi connectivity index (χ4n) is 3.67. The second kappa shape index (κ2) is 5.34. The summed E-state index contributed by atoms with van der Waals surface area (Å²) in [5.74, 6) is 0.235. The number of sulfonamides is 1. The predicted molar refractivity (Wildman–Crippen MR) is 81.7 cm³/mol. The minimum Gasteiger partial charge on any atom is -0.350 e. The molecule has 1 aromatic rings. The number of rotatable bonds is 3. The number of hydrogen-bond donors (Lipinski definition) is 1. The van der Waals surface area contributed by atoms with Crippen LogP contribution in [0.5, 0.6) is 0 Å². The van der Waals surface area contributed by atoms with Crippen molar-refractivity contribution in [3.63, 3.8) is 0 Å². The Balaban J connectivity index is 1.82. The lowest BCUT2D eigenvalue weighted by atomic mass is 9.75. The molecule has 2 aliphatic rings. The van der Waals surface area contributed by atoms with Crippen molar-refractivity contribution in [1.82, 2.24) is 19.4 Å². The highest BCUT2D eigenvalue weighted by atomic mass is 32.2. The Morgan fingerprint density at radius 1 is 1.41 bits per heavy atom. The molecule has 1 amide bonds. The van der Waals surface area contributed by atoms with Crippen LogP contribution in [-0.2, 0) is 21.9 Å². The number of amides is 1. The van der Waals surface area contributed by atoms with Crippen LogP contribution in [0, 0.1) is 0 Å². The van der Waals surface area contributed by atoms with Gasteiger partial charge in [0.15, 0.2) is 0 Å². The van der Waals surface area contributed by atoms with Crippen LogP contribution in [0.3, 0.4) is 0 Å². The van der Waals surface area contributed by atoms with E-state index >= 15 is 0 Å². The maximum atomic E-state index is 12.0. The van der Waals surface area contributed by atoms with Gasteiger partial charge in [-0.2, -0.15) is 5.10 Å². The van der Waals surface area contributed by atoms with E-state index in [1.807, 2.05) is 19.4 Å². The van der Waals surface area contributed by atoms with Crippen LogP contribution in [0.4, 0.5) is 0 Å². The normalized spacial score (nSPS) is 25.5. The van der Waals surface area contributed by atoms with E-state index in [1.165, 1.54) is 0 Å². The monoisotopic (exact) mass is 326 g/mol. The standard InChI is InChI=1S/C14H22N4O3S/c1-3-22(20,21)18-6-4-14(5-7-18)12(8-13(19)16-14)11-9-15-17(2)10-11/h9-10,12H,3-8H2,1-2H3,(H,16,19). The molecule has 3 rings (SSSR count). The lowest BCUT2D eigenvalue weighted by Crippen LogP contribution is -2.54. The van der Waals surface area contributed by atoms with Gasteiger partial charge in [0.05, 0.1) is 11.9 Å². The molecular weight excluding hydrogens is 304 g/mol. The number of hydrogen-bond acceptors (Lipinski definition) is 4. The van der Waals surface area contributed by atoms with Crippen molar-refractivity contribution in [1.29, 1.82) is 0 Å². The summed E-state index contributed by atoms with van der Waals surface area (Å²) in [4.78, 5) is 12.0. The van der Waals surface area contributed by atoms with Crippen LogP contribution in [0.1, 0.15) is 37.7 Å². The van der Waals surface area contributed by atoms with Crippen LogP contribution >= 0.6 is 0 Å². The summed E-state index contributed by atoms with van der Waals surface area (Å²) in [6.07, 6.45) is 5.50. The van der Waals surface area contributed by atoms with Crippen molar-refractivity contribution < 1.29 is 13.2 Å².